The average molecular weight is 374 g/mol. The standard InChI is InChI=1S/C21H26O6/c1-7-12(3)19(22)25-15-8-11(2)9-21(24-6)10-13(4)17(27-21)18-16(15)14(5)20(23)26-18/h7,9-10,15-18H,5,8H2,1-4,6H3/b11-9-,12-7-/t15-,16+,17-,18-,21+/m0/s1. The maximum absolute atomic E-state index is 12.4. The van der Waals surface area contributed by atoms with Gasteiger partial charge in [-0.05, 0) is 45.4 Å². The summed E-state index contributed by atoms with van der Waals surface area (Å²) in [7, 11) is 1.57. The van der Waals surface area contributed by atoms with Crippen LogP contribution in [0.2, 0.25) is 0 Å². The molecule has 0 unspecified atom stereocenters. The van der Waals surface area contributed by atoms with Crippen LogP contribution in [0.3, 0.4) is 0 Å². The number of hydrogen-bond donors (Lipinski definition) is 0. The number of esters is 2. The van der Waals surface area contributed by atoms with Crippen LogP contribution in [0.4, 0.5) is 0 Å². The second kappa shape index (κ2) is 7.09. The van der Waals surface area contributed by atoms with Gasteiger partial charge in [-0.25, -0.2) is 9.59 Å². The molecule has 0 aromatic heterocycles. The number of fused-ring (bicyclic) bond motifs is 4. The number of rotatable bonds is 3. The summed E-state index contributed by atoms with van der Waals surface area (Å²) < 4.78 is 23.2. The molecule has 0 radical (unpaired) electrons. The highest BCUT2D eigenvalue weighted by Gasteiger charge is 2.54. The Kier molecular flexibility index (Phi) is 5.14. The van der Waals surface area contributed by atoms with Gasteiger partial charge in [0.1, 0.15) is 18.3 Å². The van der Waals surface area contributed by atoms with E-state index in [1.807, 2.05) is 26.0 Å². The number of hydrogen-bond acceptors (Lipinski definition) is 6. The minimum absolute atomic E-state index is 0.303. The van der Waals surface area contributed by atoms with Gasteiger partial charge in [0.25, 0.3) is 0 Å². The van der Waals surface area contributed by atoms with Gasteiger partial charge in [0.15, 0.2) is 0 Å². The first-order chi connectivity index (χ1) is 12.7. The molecule has 0 amide bonds. The summed E-state index contributed by atoms with van der Waals surface area (Å²) in [4.78, 5) is 24.7. The van der Waals surface area contributed by atoms with Crippen molar-refractivity contribution in [1.82, 2.24) is 0 Å². The largest absolute Gasteiger partial charge is 0.458 e. The van der Waals surface area contributed by atoms with Gasteiger partial charge >= 0.3 is 11.9 Å². The molecule has 0 saturated carbocycles. The second-order valence-corrected chi connectivity index (χ2v) is 7.38. The van der Waals surface area contributed by atoms with Crippen molar-refractivity contribution >= 4 is 11.9 Å². The Balaban J connectivity index is 2.05. The van der Waals surface area contributed by atoms with Crippen LogP contribution < -0.4 is 0 Å². The minimum atomic E-state index is -1.02. The van der Waals surface area contributed by atoms with Crippen molar-refractivity contribution in [2.45, 2.75) is 58.2 Å². The Hall–Kier alpha value is -2.18. The van der Waals surface area contributed by atoms with E-state index in [1.54, 1.807) is 27.0 Å². The predicted molar refractivity (Wildman–Crippen MR) is 98.6 cm³/mol. The highest BCUT2D eigenvalue weighted by atomic mass is 16.7. The zero-order chi connectivity index (χ0) is 19.9. The summed E-state index contributed by atoms with van der Waals surface area (Å²) in [5.41, 5.74) is 2.63. The van der Waals surface area contributed by atoms with Crippen LogP contribution in [0.5, 0.6) is 0 Å². The van der Waals surface area contributed by atoms with E-state index >= 15 is 0 Å². The van der Waals surface area contributed by atoms with Gasteiger partial charge in [-0.15, -0.1) is 0 Å². The Labute approximate surface area is 159 Å². The monoisotopic (exact) mass is 374 g/mol. The second-order valence-electron chi connectivity index (χ2n) is 7.38. The van der Waals surface area contributed by atoms with Crippen molar-refractivity contribution in [3.05, 3.63) is 47.1 Å². The number of allylic oxidation sites excluding steroid dienone is 1. The molecule has 1 saturated heterocycles. The molecule has 146 valence electrons. The van der Waals surface area contributed by atoms with E-state index in [4.69, 9.17) is 18.9 Å². The number of carbonyl (C=O) groups excluding carboxylic acids is 2. The lowest BCUT2D eigenvalue weighted by molar-refractivity contribution is -0.189. The fraction of sp³-hybridized carbons (Fsp3) is 0.524. The van der Waals surface area contributed by atoms with E-state index in [-0.39, 0.29) is 0 Å². The first-order valence-electron chi connectivity index (χ1n) is 9.05. The molecule has 3 heterocycles. The van der Waals surface area contributed by atoms with Gasteiger partial charge in [-0.2, -0.15) is 0 Å². The molecule has 6 heteroatoms. The molecule has 5 atom stereocenters. The molecule has 2 bridgehead atoms. The quantitative estimate of drug-likeness (QED) is 0.430. The van der Waals surface area contributed by atoms with Gasteiger partial charge < -0.3 is 18.9 Å². The summed E-state index contributed by atoms with van der Waals surface area (Å²) in [6, 6.07) is 0. The SMILES string of the molecule is C=C1C(=O)O[C@H]2[C@H]1[C@@H](OC(=O)/C(C)=C\C)C/C(C)=C\[C@]1(OC)C=C(C)[C@@H]2O1. The maximum Gasteiger partial charge on any atom is 0.334 e. The van der Waals surface area contributed by atoms with E-state index in [0.717, 1.165) is 11.1 Å². The van der Waals surface area contributed by atoms with Crippen molar-refractivity contribution in [3.8, 4) is 0 Å². The highest BCUT2D eigenvalue weighted by molar-refractivity contribution is 5.91. The Morgan fingerprint density at radius 2 is 2.07 bits per heavy atom. The topological polar surface area (TPSA) is 71.1 Å². The molecule has 0 aromatic rings. The molecule has 3 rings (SSSR count). The molecule has 27 heavy (non-hydrogen) atoms. The van der Waals surface area contributed by atoms with Gasteiger partial charge in [-0.3, -0.25) is 0 Å². The van der Waals surface area contributed by atoms with Crippen LogP contribution in [-0.4, -0.2) is 43.1 Å². The third-order valence-corrected chi connectivity index (χ3v) is 5.45. The van der Waals surface area contributed by atoms with E-state index in [2.05, 4.69) is 6.58 Å². The molecular weight excluding hydrogens is 348 g/mol. The van der Waals surface area contributed by atoms with Gasteiger partial charge in [0.2, 0.25) is 5.79 Å². The van der Waals surface area contributed by atoms with Gasteiger partial charge in [-0.1, -0.05) is 18.2 Å². The van der Waals surface area contributed by atoms with Crippen LogP contribution in [0.1, 0.15) is 34.1 Å². The third kappa shape index (κ3) is 3.39. The summed E-state index contributed by atoms with van der Waals surface area (Å²) in [5.74, 6) is -2.41. The minimum Gasteiger partial charge on any atom is -0.458 e. The normalized spacial score (nSPS) is 38.0. The van der Waals surface area contributed by atoms with Crippen LogP contribution in [0.25, 0.3) is 0 Å². The summed E-state index contributed by atoms with van der Waals surface area (Å²) in [5, 5.41) is 0. The number of ether oxygens (including phenoxy) is 4. The van der Waals surface area contributed by atoms with E-state index < -0.39 is 42.0 Å². The lowest BCUT2D eigenvalue weighted by Crippen LogP contribution is -2.41. The number of carbonyl (C=O) groups is 2. The Morgan fingerprint density at radius 1 is 1.37 bits per heavy atom. The van der Waals surface area contributed by atoms with Crippen LogP contribution in [0.15, 0.2) is 47.1 Å². The zero-order valence-corrected chi connectivity index (χ0v) is 16.4. The summed E-state index contributed by atoms with van der Waals surface area (Å²) in [6.45, 7) is 11.2. The lowest BCUT2D eigenvalue weighted by Gasteiger charge is -2.30. The molecule has 0 aliphatic carbocycles. The van der Waals surface area contributed by atoms with Crippen molar-refractivity contribution in [2.75, 3.05) is 7.11 Å². The van der Waals surface area contributed by atoms with E-state index in [9.17, 15) is 9.59 Å². The van der Waals surface area contributed by atoms with E-state index in [1.165, 1.54) is 0 Å². The molecular formula is C21H26O6. The number of methoxy groups -OCH3 is 1. The first-order valence-corrected chi connectivity index (χ1v) is 9.05. The molecule has 0 N–H and O–H groups in total. The fourth-order valence-corrected chi connectivity index (χ4v) is 3.90. The van der Waals surface area contributed by atoms with Crippen LogP contribution in [-0.2, 0) is 28.5 Å². The van der Waals surface area contributed by atoms with Crippen molar-refractivity contribution < 1.29 is 28.5 Å². The smallest absolute Gasteiger partial charge is 0.334 e. The van der Waals surface area contributed by atoms with Crippen molar-refractivity contribution in [2.24, 2.45) is 5.92 Å². The fourth-order valence-electron chi connectivity index (χ4n) is 3.90. The average Bonchev–Trinajstić information content (AvgIpc) is 3.11. The zero-order valence-electron chi connectivity index (χ0n) is 16.4. The van der Waals surface area contributed by atoms with Gasteiger partial charge in [0, 0.05) is 24.7 Å². The first kappa shape index (κ1) is 19.6. The Bertz CT molecular complexity index is 774. The highest BCUT2D eigenvalue weighted by Crippen LogP contribution is 2.44. The Morgan fingerprint density at radius 3 is 2.70 bits per heavy atom. The third-order valence-electron chi connectivity index (χ3n) is 5.45. The molecule has 3 aliphatic rings. The molecule has 1 fully saturated rings. The predicted octanol–water partition coefficient (Wildman–Crippen LogP) is 3.00. The van der Waals surface area contributed by atoms with Crippen molar-refractivity contribution in [3.63, 3.8) is 0 Å². The molecule has 0 spiro atoms. The van der Waals surface area contributed by atoms with Crippen LogP contribution >= 0.6 is 0 Å². The van der Waals surface area contributed by atoms with Gasteiger partial charge in [0.05, 0.1) is 5.92 Å². The molecule has 0 aromatic carbocycles. The molecule has 3 aliphatic heterocycles. The van der Waals surface area contributed by atoms with Crippen molar-refractivity contribution in [1.29, 1.82) is 0 Å². The van der Waals surface area contributed by atoms with E-state index in [0.29, 0.717) is 17.6 Å². The summed E-state index contributed by atoms with van der Waals surface area (Å²) >= 11 is 0. The van der Waals surface area contributed by atoms with Crippen LogP contribution in [0, 0.1) is 5.92 Å². The lowest BCUT2D eigenvalue weighted by atomic mass is 9.83. The molecule has 6 nitrogen and oxygen atoms in total. The maximum atomic E-state index is 12.4. The summed E-state index contributed by atoms with van der Waals surface area (Å²) in [6.07, 6.45) is 4.19.